The van der Waals surface area contributed by atoms with Crippen molar-refractivity contribution in [3.05, 3.63) is 0 Å². The van der Waals surface area contributed by atoms with Crippen LogP contribution in [0.25, 0.3) is 0 Å². The van der Waals surface area contributed by atoms with Gasteiger partial charge in [-0.3, -0.25) is 0 Å². The summed E-state index contributed by atoms with van der Waals surface area (Å²) in [5, 5.41) is 8.57. The Morgan fingerprint density at radius 1 is 1.44 bits per heavy atom. The summed E-state index contributed by atoms with van der Waals surface area (Å²) >= 11 is 0. The third-order valence-electron chi connectivity index (χ3n) is 1.01. The average molecular weight is 132 g/mol. The molecule has 0 spiro atoms. The molecule has 3 heteroatoms. The minimum Gasteiger partial charge on any atom is -0.316 e. The van der Waals surface area contributed by atoms with E-state index in [2.05, 4.69) is 5.48 Å². The van der Waals surface area contributed by atoms with Gasteiger partial charge in [0.25, 0.3) is 0 Å². The molecule has 0 aromatic carbocycles. The smallest absolute Gasteiger partial charge is 0.0500 e. The summed E-state index contributed by atoms with van der Waals surface area (Å²) in [5.41, 5.74) is 2.03. The number of nitrogens with zero attached hydrogens (tertiary/aromatic N) is 1. The van der Waals surface area contributed by atoms with E-state index in [4.69, 9.17) is 5.21 Å². The Morgan fingerprint density at radius 3 is 2.00 bits per heavy atom. The molecular weight excluding hydrogens is 116 g/mol. The maximum atomic E-state index is 8.57. The lowest BCUT2D eigenvalue weighted by Crippen LogP contribution is -2.45. The van der Waals surface area contributed by atoms with Gasteiger partial charge in [0.2, 0.25) is 0 Å². The fourth-order valence-electron chi connectivity index (χ4n) is 0.826. The second-order valence-corrected chi connectivity index (χ2v) is 3.23. The molecule has 0 radical (unpaired) electrons. The van der Waals surface area contributed by atoms with E-state index in [0.29, 0.717) is 0 Å². The predicted molar refractivity (Wildman–Crippen MR) is 37.6 cm³/mol. The minimum atomic E-state index is -0.205. The van der Waals surface area contributed by atoms with E-state index >= 15 is 0 Å². The lowest BCUT2D eigenvalue weighted by atomic mass is 10.1. The lowest BCUT2D eigenvalue weighted by Gasteiger charge is -2.25. The third-order valence-corrected chi connectivity index (χ3v) is 1.01. The van der Waals surface area contributed by atoms with Crippen LogP contribution in [0.3, 0.4) is 0 Å². The summed E-state index contributed by atoms with van der Waals surface area (Å²) in [7, 11) is 3.94. The van der Waals surface area contributed by atoms with E-state index in [1.807, 2.05) is 32.8 Å². The van der Waals surface area contributed by atoms with Gasteiger partial charge in [-0.15, -0.1) is 0 Å². The predicted octanol–water partition coefficient (Wildman–Crippen LogP) is 0.305. The van der Waals surface area contributed by atoms with Crippen LogP contribution in [0, 0.1) is 0 Å². The summed E-state index contributed by atoms with van der Waals surface area (Å²) in [6.45, 7) is 4.70. The first-order chi connectivity index (χ1) is 3.98. The first-order valence-corrected chi connectivity index (χ1v) is 3.04. The van der Waals surface area contributed by atoms with Crippen LogP contribution < -0.4 is 5.48 Å². The minimum absolute atomic E-state index is 0.205. The molecule has 0 rings (SSSR count). The van der Waals surface area contributed by atoms with Crippen molar-refractivity contribution in [1.29, 1.82) is 0 Å². The molecule has 56 valence electrons. The molecule has 0 aromatic heterocycles. The molecule has 3 nitrogen and oxygen atoms in total. The zero-order valence-corrected chi connectivity index (χ0v) is 6.60. The van der Waals surface area contributed by atoms with Crippen LogP contribution in [0.15, 0.2) is 0 Å². The van der Waals surface area contributed by atoms with Crippen LogP contribution in [-0.2, 0) is 0 Å². The highest BCUT2D eigenvalue weighted by Crippen LogP contribution is 2.00. The molecule has 0 amide bonds. The van der Waals surface area contributed by atoms with Gasteiger partial charge in [0.15, 0.2) is 0 Å². The van der Waals surface area contributed by atoms with Crippen LogP contribution in [-0.4, -0.2) is 36.3 Å². The van der Waals surface area contributed by atoms with Gasteiger partial charge in [-0.1, -0.05) is 0 Å². The molecule has 2 N–H and O–H groups in total. The van der Waals surface area contributed by atoms with Crippen LogP contribution in [0.5, 0.6) is 0 Å². The normalized spacial score (nSPS) is 12.7. The summed E-state index contributed by atoms with van der Waals surface area (Å²) in [5.74, 6) is 0. The molecule has 0 saturated heterocycles. The number of rotatable bonds is 3. The maximum absolute atomic E-state index is 8.57. The van der Waals surface area contributed by atoms with Crippen LogP contribution in [0.1, 0.15) is 13.8 Å². The number of nitrogens with one attached hydrogen (secondary N) is 1. The molecule has 0 aliphatic heterocycles. The van der Waals surface area contributed by atoms with Gasteiger partial charge in [0.05, 0.1) is 0 Å². The molecule has 0 atom stereocenters. The third kappa shape index (κ3) is 4.39. The molecule has 0 aliphatic carbocycles. The molecule has 0 aliphatic rings. The highest BCUT2D eigenvalue weighted by Gasteiger charge is 2.15. The van der Waals surface area contributed by atoms with Crippen molar-refractivity contribution in [3.63, 3.8) is 0 Å². The van der Waals surface area contributed by atoms with Gasteiger partial charge < -0.3 is 10.1 Å². The summed E-state index contributed by atoms with van der Waals surface area (Å²) < 4.78 is 0. The largest absolute Gasteiger partial charge is 0.316 e. The molecule has 0 saturated carbocycles. The molecule has 0 heterocycles. The topological polar surface area (TPSA) is 35.5 Å². The zero-order valence-electron chi connectivity index (χ0n) is 6.60. The monoisotopic (exact) mass is 132 g/mol. The van der Waals surface area contributed by atoms with Crippen LogP contribution in [0.4, 0.5) is 0 Å². The quantitative estimate of drug-likeness (QED) is 0.542. The van der Waals surface area contributed by atoms with Crippen molar-refractivity contribution < 1.29 is 5.21 Å². The van der Waals surface area contributed by atoms with Crippen LogP contribution >= 0.6 is 0 Å². The fraction of sp³-hybridized carbons (Fsp3) is 1.00. The average Bonchev–Trinajstić information content (AvgIpc) is 1.63. The Kier molecular flexibility index (Phi) is 3.11. The highest BCUT2D eigenvalue weighted by atomic mass is 16.5. The standard InChI is InChI=1S/C6H16N2O/c1-6(2,7-9)5-8(3)4/h7,9H,5H2,1-4H3. The van der Waals surface area contributed by atoms with E-state index < -0.39 is 0 Å². The van der Waals surface area contributed by atoms with Gasteiger partial charge in [-0.25, -0.2) is 0 Å². The van der Waals surface area contributed by atoms with Crippen molar-refractivity contribution in [2.45, 2.75) is 19.4 Å². The Bertz CT molecular complexity index is 81.1. The number of likely N-dealkylation sites (N-methyl/N-ethyl adjacent to an activating group) is 1. The Labute approximate surface area is 56.6 Å². The summed E-state index contributed by atoms with van der Waals surface area (Å²) in [6, 6.07) is 0. The SMILES string of the molecule is CN(C)CC(C)(C)NO. The number of hydrogen-bond acceptors (Lipinski definition) is 3. The van der Waals surface area contributed by atoms with Crippen LogP contribution in [0.2, 0.25) is 0 Å². The van der Waals surface area contributed by atoms with Gasteiger partial charge in [-0.2, -0.15) is 5.48 Å². The van der Waals surface area contributed by atoms with Crippen molar-refractivity contribution in [2.75, 3.05) is 20.6 Å². The van der Waals surface area contributed by atoms with Gasteiger partial charge in [0, 0.05) is 12.1 Å². The molecule has 0 bridgehead atoms. The van der Waals surface area contributed by atoms with Gasteiger partial charge >= 0.3 is 0 Å². The molecular formula is C6H16N2O. The number of hydrogen-bond donors (Lipinski definition) is 2. The van der Waals surface area contributed by atoms with E-state index in [1.54, 1.807) is 0 Å². The number of hydroxylamine groups is 1. The molecule has 0 fully saturated rings. The maximum Gasteiger partial charge on any atom is 0.0500 e. The van der Waals surface area contributed by atoms with Crippen molar-refractivity contribution >= 4 is 0 Å². The summed E-state index contributed by atoms with van der Waals surface area (Å²) in [6.07, 6.45) is 0. The lowest BCUT2D eigenvalue weighted by molar-refractivity contribution is 0.0653. The second-order valence-electron chi connectivity index (χ2n) is 3.23. The van der Waals surface area contributed by atoms with Crippen molar-refractivity contribution in [1.82, 2.24) is 10.4 Å². The molecule has 9 heavy (non-hydrogen) atoms. The van der Waals surface area contributed by atoms with Crippen molar-refractivity contribution in [3.8, 4) is 0 Å². The van der Waals surface area contributed by atoms with E-state index in [0.717, 1.165) is 6.54 Å². The van der Waals surface area contributed by atoms with Crippen molar-refractivity contribution in [2.24, 2.45) is 0 Å². The Balaban J connectivity index is 3.58. The van der Waals surface area contributed by atoms with E-state index in [-0.39, 0.29) is 5.54 Å². The first kappa shape index (κ1) is 8.88. The van der Waals surface area contributed by atoms with Gasteiger partial charge in [-0.05, 0) is 27.9 Å². The zero-order chi connectivity index (χ0) is 7.49. The van der Waals surface area contributed by atoms with E-state index in [9.17, 15) is 0 Å². The first-order valence-electron chi connectivity index (χ1n) is 3.04. The second kappa shape index (κ2) is 3.15. The highest BCUT2D eigenvalue weighted by molar-refractivity contribution is 4.74. The summed E-state index contributed by atoms with van der Waals surface area (Å²) in [4.78, 5) is 2.02. The fourth-order valence-corrected chi connectivity index (χ4v) is 0.826. The Morgan fingerprint density at radius 2 is 1.89 bits per heavy atom. The Hall–Kier alpha value is -0.120. The molecule has 0 aromatic rings. The van der Waals surface area contributed by atoms with E-state index in [1.165, 1.54) is 0 Å². The molecule has 0 unspecified atom stereocenters. The van der Waals surface area contributed by atoms with Gasteiger partial charge in [0.1, 0.15) is 0 Å².